The van der Waals surface area contributed by atoms with E-state index in [2.05, 4.69) is 57.1 Å². The first kappa shape index (κ1) is 61.6. The Balaban J connectivity index is -0.000000328. The third-order valence-corrected chi connectivity index (χ3v) is 20.3. The lowest BCUT2D eigenvalue weighted by molar-refractivity contribution is 0.143. The average molecular weight is 1080 g/mol. The van der Waals surface area contributed by atoms with Crippen LogP contribution < -0.4 is 0 Å². The van der Waals surface area contributed by atoms with Gasteiger partial charge in [-0.25, -0.2) is 25.3 Å². The van der Waals surface area contributed by atoms with Gasteiger partial charge < -0.3 is 5.11 Å². The highest BCUT2D eigenvalue weighted by Crippen LogP contribution is 2.30. The molecule has 0 rings (SSSR count). The molecule has 0 aromatic carbocycles. The lowest BCUT2D eigenvalue weighted by atomic mass is 10.8. The fourth-order valence-corrected chi connectivity index (χ4v) is 14.2. The molecule has 0 fully saturated rings. The number of halogens is 5. The van der Waals surface area contributed by atoms with Crippen molar-refractivity contribution in [2.24, 2.45) is 0 Å². The Bertz CT molecular complexity index is 2250. The van der Waals surface area contributed by atoms with E-state index in [1.54, 1.807) is 0 Å². The summed E-state index contributed by atoms with van der Waals surface area (Å²) in [5.74, 6) is 0. The molecule has 0 spiro atoms. The van der Waals surface area contributed by atoms with Crippen LogP contribution in [0.4, 0.5) is 8.78 Å². The molecule has 0 aliphatic rings. The molecule has 0 bridgehead atoms. The summed E-state index contributed by atoms with van der Waals surface area (Å²) in [5.41, 5.74) is 0. The van der Waals surface area contributed by atoms with E-state index >= 15 is 0 Å². The molecular formula is C12H27Cl3F2O28S10. The van der Waals surface area contributed by atoms with Crippen LogP contribution in [-0.2, 0) is 123 Å². The predicted molar refractivity (Wildman–Crippen MR) is 180 cm³/mol. The van der Waals surface area contributed by atoms with Gasteiger partial charge in [0, 0.05) is 32.0 Å². The van der Waals surface area contributed by atoms with E-state index in [-0.39, 0.29) is 0 Å². The highest BCUT2D eigenvalue weighted by atomic mass is 35.7. The van der Waals surface area contributed by atoms with E-state index in [0.717, 1.165) is 7.11 Å². The van der Waals surface area contributed by atoms with Crippen molar-refractivity contribution >= 4 is 130 Å². The summed E-state index contributed by atoms with van der Waals surface area (Å²) in [7, 11) is -30.1. The van der Waals surface area contributed by atoms with Gasteiger partial charge in [0.2, 0.25) is 32.2 Å². The fourth-order valence-electron chi connectivity index (χ4n) is 1.66. The summed E-state index contributed by atoms with van der Waals surface area (Å²) in [6, 6.07) is 0. The Morgan fingerprint density at radius 3 is 0.873 bits per heavy atom. The minimum atomic E-state index is -5.51. The Labute approximate surface area is 328 Å². The molecule has 338 valence electrons. The van der Waals surface area contributed by atoms with Gasteiger partial charge in [0.15, 0.2) is 15.3 Å². The largest absolute Gasteiger partial charge is 0.496 e. The van der Waals surface area contributed by atoms with E-state index in [4.69, 9.17) is 9.66 Å². The smallest absolute Gasteiger partial charge is 0.394 e. The summed E-state index contributed by atoms with van der Waals surface area (Å²) in [6.45, 7) is -2.72. The van der Waals surface area contributed by atoms with Crippen molar-refractivity contribution in [2.75, 3.05) is 68.1 Å². The van der Waals surface area contributed by atoms with Gasteiger partial charge >= 0.3 is 24.8 Å². The van der Waals surface area contributed by atoms with Gasteiger partial charge in [0.05, 0.1) is 47.8 Å². The molecule has 0 atom stereocenters. The third-order valence-electron chi connectivity index (χ3n) is 3.39. The van der Waals surface area contributed by atoms with Gasteiger partial charge in [-0.3, -0.25) is 29.7 Å². The second kappa shape index (κ2) is 23.6. The summed E-state index contributed by atoms with van der Waals surface area (Å²) in [4.78, 5) is 0. The summed E-state index contributed by atoms with van der Waals surface area (Å²) < 4.78 is 260. The van der Waals surface area contributed by atoms with Crippen LogP contribution in [0.1, 0.15) is 0 Å². The molecular weight excluding hydrogens is 1060 g/mol. The first-order valence-corrected chi connectivity index (χ1v) is 29.7. The monoisotopic (exact) mass is 1080 g/mol. The van der Waals surface area contributed by atoms with Crippen molar-refractivity contribution in [2.45, 2.75) is 4.59 Å². The van der Waals surface area contributed by atoms with E-state index in [0.29, 0.717) is 14.2 Å². The summed E-state index contributed by atoms with van der Waals surface area (Å²) >= 11 is 0. The molecule has 0 radical (unpaired) electrons. The van der Waals surface area contributed by atoms with Crippen LogP contribution in [0, 0.1) is 0 Å². The van der Waals surface area contributed by atoms with E-state index < -0.39 is 149 Å². The molecule has 0 aromatic heterocycles. The molecule has 55 heavy (non-hydrogen) atoms. The molecule has 0 saturated carbocycles. The van der Waals surface area contributed by atoms with Crippen molar-refractivity contribution in [3.8, 4) is 0 Å². The van der Waals surface area contributed by atoms with Crippen molar-refractivity contribution in [3.05, 3.63) is 0 Å². The Hall–Kier alpha value is -0.0900. The fraction of sp³-hybridized carbons (Fsp3) is 1.00. The lowest BCUT2D eigenvalue weighted by Crippen LogP contribution is -2.39. The van der Waals surface area contributed by atoms with Crippen molar-refractivity contribution in [1.82, 2.24) is 0 Å². The van der Waals surface area contributed by atoms with Crippen molar-refractivity contribution in [3.63, 3.8) is 0 Å². The minimum Gasteiger partial charge on any atom is -0.394 e. The number of aliphatic hydroxyl groups is 1. The zero-order valence-corrected chi connectivity index (χ0v) is 37.1. The molecule has 0 aliphatic heterocycles. The normalized spacial score (nSPS) is 13.9. The zero-order valence-electron chi connectivity index (χ0n) is 26.6. The first-order valence-electron chi connectivity index (χ1n) is 11.5. The van der Waals surface area contributed by atoms with Gasteiger partial charge in [0.25, 0.3) is 50.6 Å². The molecule has 28 nitrogen and oxygen atoms in total. The third kappa shape index (κ3) is 34.5. The van der Waals surface area contributed by atoms with Crippen LogP contribution in [0.3, 0.4) is 0 Å². The SMILES string of the molecule is COS(=O)(=O)C(F)(F)S(=O)(=O)OC.COS(=O)(=O)CS(=O)(=O)O.O=S(=O)(Cl)CS(=O)(=O)OCCO.O=S(=O)(Cl)CS(=O)(=O)OCCOS(=O)(=O)CS(=O)(=O)Cl. The topological polar surface area (TPSA) is 437 Å². The van der Waals surface area contributed by atoms with Crippen LogP contribution in [0.25, 0.3) is 0 Å². The van der Waals surface area contributed by atoms with Gasteiger partial charge in [-0.1, -0.05) is 0 Å². The zero-order chi connectivity index (χ0) is 45.4. The second-order valence-corrected chi connectivity index (χ2v) is 29.6. The van der Waals surface area contributed by atoms with Crippen molar-refractivity contribution < 1.29 is 128 Å². The quantitative estimate of drug-likeness (QED) is 0.0477. The van der Waals surface area contributed by atoms with Gasteiger partial charge in [0.1, 0.15) is 0 Å². The lowest BCUT2D eigenvalue weighted by Gasteiger charge is -2.13. The highest BCUT2D eigenvalue weighted by Gasteiger charge is 2.59. The van der Waals surface area contributed by atoms with Crippen LogP contribution in [0.2, 0.25) is 0 Å². The maximum atomic E-state index is 12.6. The van der Waals surface area contributed by atoms with E-state index in [1.165, 1.54) is 0 Å². The average Bonchev–Trinajstić information content (AvgIpc) is 2.90. The molecule has 43 heteroatoms. The van der Waals surface area contributed by atoms with Gasteiger partial charge in [-0.15, -0.1) is 0 Å². The number of alkyl halides is 2. The molecule has 0 amide bonds. The Morgan fingerprint density at radius 2 is 0.709 bits per heavy atom. The number of rotatable bonds is 21. The molecule has 2 N–H and O–H groups in total. The van der Waals surface area contributed by atoms with Crippen LogP contribution in [-0.4, -0.2) is 167 Å². The molecule has 0 heterocycles. The number of hydrogen-bond acceptors (Lipinski definition) is 27. The maximum Gasteiger partial charge on any atom is 0.496 e. The summed E-state index contributed by atoms with van der Waals surface area (Å²) in [6.07, 6.45) is 0. The van der Waals surface area contributed by atoms with Crippen LogP contribution in [0.15, 0.2) is 0 Å². The van der Waals surface area contributed by atoms with Crippen LogP contribution in [0.5, 0.6) is 0 Å². The molecule has 0 aromatic rings. The standard InChI is InChI=1S/C4H8Cl2O10S4.C3H7ClO6S2.C3H6F2O6S2.C2H6O6S2/c5-17(7,8)3-19(11,12)15-1-2-16-20(13,14)4-18(6,9)10;4-11(6,7)3-12(8,9)10-2-1-5;1-10-12(6,7)3(4,5)13(8,9)11-2;1-8-10(6,7)2-9(3,4)5/h1-4H2;5H,1-3H2;1-2H3;2H2,1H3,(H,3,4,5). The number of aliphatic hydroxyl groups excluding tert-OH is 1. The maximum absolute atomic E-state index is 12.6. The highest BCUT2D eigenvalue weighted by molar-refractivity contribution is 8.21. The van der Waals surface area contributed by atoms with Gasteiger partial charge in [-0.05, 0) is 0 Å². The Morgan fingerprint density at radius 1 is 0.455 bits per heavy atom. The van der Waals surface area contributed by atoms with Crippen molar-refractivity contribution in [1.29, 1.82) is 0 Å². The van der Waals surface area contributed by atoms with Crippen LogP contribution >= 0.6 is 32.0 Å². The van der Waals surface area contributed by atoms with E-state index in [9.17, 15) is 93.0 Å². The molecule has 0 saturated heterocycles. The van der Waals surface area contributed by atoms with E-state index in [1.807, 2.05) is 0 Å². The summed E-state index contributed by atoms with van der Waals surface area (Å²) in [5, 5.41) is 2.44. The van der Waals surface area contributed by atoms with Gasteiger partial charge in [-0.2, -0.15) is 67.7 Å². The Kier molecular flexibility index (Phi) is 26.5. The molecule has 0 unspecified atom stereocenters. The first-order chi connectivity index (χ1) is 23.8. The number of hydrogen-bond donors (Lipinski definition) is 2. The second-order valence-electron chi connectivity index (χ2n) is 7.96. The molecule has 0 aliphatic carbocycles. The predicted octanol–water partition coefficient (Wildman–Crippen LogP) is -4.12. The minimum absolute atomic E-state index is 0.411.